The maximum atomic E-state index is 11.5. The average Bonchev–Trinajstić information content (AvgIpc) is 2.31. The number of amides is 1. The first-order valence-electron chi connectivity index (χ1n) is 5.71. The molecular formula is C10H18N2O7S. The lowest BCUT2D eigenvalue weighted by molar-refractivity contribution is -0.150. The number of sulfone groups is 1. The smallest absolute Gasteiger partial charge is 0.332 e. The molecule has 10 heteroatoms. The number of nitrogens with two attached hydrogens (primary N) is 1. The topological polar surface area (TPSA) is 153 Å². The number of hydrogen-bond acceptors (Lipinski definition) is 7. The third kappa shape index (κ3) is 7.04. The van der Waals surface area contributed by atoms with Crippen molar-refractivity contribution >= 4 is 27.7 Å². The molecule has 2 atom stereocenters. The molecule has 0 radical (unpaired) electrons. The minimum absolute atomic E-state index is 0.0241. The van der Waals surface area contributed by atoms with Gasteiger partial charge in [-0.2, -0.15) is 0 Å². The number of nitrogens with one attached hydrogen (secondary N) is 1. The molecule has 0 rings (SSSR count). The lowest BCUT2D eigenvalue weighted by atomic mass is 10.2. The molecule has 0 saturated carbocycles. The van der Waals surface area contributed by atoms with E-state index in [9.17, 15) is 22.8 Å². The molecule has 0 fully saturated rings. The number of carboxylic acids is 1. The van der Waals surface area contributed by atoms with Crippen LogP contribution in [0.25, 0.3) is 0 Å². The number of carbonyl (C=O) groups is 3. The van der Waals surface area contributed by atoms with Gasteiger partial charge in [0.25, 0.3) is 0 Å². The summed E-state index contributed by atoms with van der Waals surface area (Å²) in [7, 11) is -3.37. The fraction of sp³-hybridized carbons (Fsp3) is 0.700. The van der Waals surface area contributed by atoms with Gasteiger partial charge in [-0.1, -0.05) is 0 Å². The number of rotatable bonds is 8. The van der Waals surface area contributed by atoms with E-state index in [-0.39, 0.29) is 13.0 Å². The highest BCUT2D eigenvalue weighted by molar-refractivity contribution is 7.90. The number of carbonyl (C=O) groups excluding carboxylic acids is 2. The van der Waals surface area contributed by atoms with Crippen molar-refractivity contribution in [3.63, 3.8) is 0 Å². The zero-order valence-corrected chi connectivity index (χ0v) is 12.0. The molecule has 2 unspecified atom stereocenters. The second-order valence-electron chi connectivity index (χ2n) is 4.05. The van der Waals surface area contributed by atoms with Crippen molar-refractivity contribution in [2.24, 2.45) is 5.73 Å². The maximum Gasteiger partial charge on any atom is 0.332 e. The molecule has 0 saturated heterocycles. The van der Waals surface area contributed by atoms with E-state index in [4.69, 9.17) is 10.8 Å². The number of esters is 1. The van der Waals surface area contributed by atoms with Gasteiger partial charge < -0.3 is 20.9 Å². The first-order valence-corrected chi connectivity index (χ1v) is 7.77. The largest absolute Gasteiger partial charge is 0.480 e. The van der Waals surface area contributed by atoms with Crippen LogP contribution in [-0.4, -0.2) is 62.1 Å². The molecule has 0 aromatic carbocycles. The first-order chi connectivity index (χ1) is 9.08. The number of carboxylic acid groups (broad SMARTS) is 1. The van der Waals surface area contributed by atoms with Gasteiger partial charge in [0.1, 0.15) is 15.9 Å². The van der Waals surface area contributed by atoms with Crippen LogP contribution in [0.3, 0.4) is 0 Å². The Labute approximate surface area is 116 Å². The SMILES string of the molecule is CCOC(=O)C(N)C(=O)NC(CCS(C)(=O)=O)C(=O)O. The fourth-order valence-electron chi connectivity index (χ4n) is 1.19. The van der Waals surface area contributed by atoms with E-state index in [1.54, 1.807) is 0 Å². The third-order valence-corrected chi connectivity index (χ3v) is 3.19. The minimum atomic E-state index is -3.37. The third-order valence-electron chi connectivity index (χ3n) is 2.21. The van der Waals surface area contributed by atoms with Crippen molar-refractivity contribution in [1.29, 1.82) is 0 Å². The molecule has 0 aliphatic rings. The predicted octanol–water partition coefficient (Wildman–Crippen LogP) is -2.12. The number of hydrogen-bond donors (Lipinski definition) is 3. The van der Waals surface area contributed by atoms with Gasteiger partial charge in [0.15, 0.2) is 6.04 Å². The zero-order chi connectivity index (χ0) is 15.9. The van der Waals surface area contributed by atoms with Crippen molar-refractivity contribution in [3.05, 3.63) is 0 Å². The van der Waals surface area contributed by atoms with Crippen LogP contribution in [-0.2, 0) is 29.0 Å². The van der Waals surface area contributed by atoms with Crippen LogP contribution in [0.15, 0.2) is 0 Å². The molecule has 4 N–H and O–H groups in total. The summed E-state index contributed by atoms with van der Waals surface area (Å²) >= 11 is 0. The van der Waals surface area contributed by atoms with E-state index in [0.29, 0.717) is 0 Å². The molecule has 0 heterocycles. The standard InChI is InChI=1S/C10H18N2O7S/c1-3-19-10(16)7(11)8(13)12-6(9(14)15)4-5-20(2,17)18/h6-7H,3-5,11H2,1-2H3,(H,12,13)(H,14,15). The van der Waals surface area contributed by atoms with Crippen molar-refractivity contribution in [2.45, 2.75) is 25.4 Å². The Morgan fingerprint density at radius 1 is 1.35 bits per heavy atom. The summed E-state index contributed by atoms with van der Waals surface area (Å²) in [5.41, 5.74) is 5.28. The molecule has 0 aliphatic heterocycles. The molecule has 116 valence electrons. The molecule has 0 spiro atoms. The van der Waals surface area contributed by atoms with Gasteiger partial charge in [-0.3, -0.25) is 4.79 Å². The lowest BCUT2D eigenvalue weighted by Crippen LogP contribution is -2.52. The molecule has 1 amide bonds. The lowest BCUT2D eigenvalue weighted by Gasteiger charge is -2.16. The van der Waals surface area contributed by atoms with Gasteiger partial charge in [0.05, 0.1) is 12.4 Å². The van der Waals surface area contributed by atoms with Crippen LogP contribution in [0, 0.1) is 0 Å². The second kappa shape index (κ2) is 7.80. The molecule has 0 aliphatic carbocycles. The summed E-state index contributed by atoms with van der Waals surface area (Å²) < 4.78 is 26.4. The Bertz CT molecular complexity index is 474. The summed E-state index contributed by atoms with van der Waals surface area (Å²) in [6.45, 7) is 1.55. The molecular weight excluding hydrogens is 292 g/mol. The Morgan fingerprint density at radius 2 is 1.90 bits per heavy atom. The number of ether oxygens (including phenoxy) is 1. The van der Waals surface area contributed by atoms with Crippen LogP contribution in [0.5, 0.6) is 0 Å². The van der Waals surface area contributed by atoms with Crippen LogP contribution in [0.4, 0.5) is 0 Å². The average molecular weight is 310 g/mol. The van der Waals surface area contributed by atoms with Crippen LogP contribution < -0.4 is 11.1 Å². The highest BCUT2D eigenvalue weighted by atomic mass is 32.2. The Balaban J connectivity index is 4.63. The Kier molecular flexibility index (Phi) is 7.14. The van der Waals surface area contributed by atoms with E-state index in [1.165, 1.54) is 6.92 Å². The van der Waals surface area contributed by atoms with E-state index in [2.05, 4.69) is 4.74 Å². The van der Waals surface area contributed by atoms with Gasteiger partial charge in [-0.15, -0.1) is 0 Å². The Hall–Kier alpha value is -1.68. The van der Waals surface area contributed by atoms with E-state index in [1.807, 2.05) is 5.32 Å². The summed E-state index contributed by atoms with van der Waals surface area (Å²) in [6.07, 6.45) is 0.619. The van der Waals surface area contributed by atoms with Gasteiger partial charge in [0, 0.05) is 6.26 Å². The van der Waals surface area contributed by atoms with E-state index >= 15 is 0 Å². The van der Waals surface area contributed by atoms with Crippen molar-refractivity contribution < 1.29 is 32.6 Å². The molecule has 0 bridgehead atoms. The normalized spacial score (nSPS) is 14.2. The number of aliphatic carboxylic acids is 1. The quantitative estimate of drug-likeness (QED) is 0.340. The summed E-state index contributed by atoms with van der Waals surface area (Å²) in [6, 6.07) is -3.10. The summed E-state index contributed by atoms with van der Waals surface area (Å²) in [5.74, 6) is -3.86. The highest BCUT2D eigenvalue weighted by Gasteiger charge is 2.28. The van der Waals surface area contributed by atoms with Crippen molar-refractivity contribution in [2.75, 3.05) is 18.6 Å². The molecule has 0 aromatic heterocycles. The first kappa shape index (κ1) is 18.3. The molecule has 20 heavy (non-hydrogen) atoms. The van der Waals surface area contributed by atoms with Gasteiger partial charge in [-0.05, 0) is 13.3 Å². The van der Waals surface area contributed by atoms with Crippen molar-refractivity contribution in [1.82, 2.24) is 5.32 Å². The Morgan fingerprint density at radius 3 is 2.30 bits per heavy atom. The van der Waals surface area contributed by atoms with Crippen LogP contribution in [0.1, 0.15) is 13.3 Å². The molecule has 9 nitrogen and oxygen atoms in total. The maximum absolute atomic E-state index is 11.5. The van der Waals surface area contributed by atoms with E-state index in [0.717, 1.165) is 6.26 Å². The molecule has 0 aromatic rings. The van der Waals surface area contributed by atoms with Crippen LogP contribution >= 0.6 is 0 Å². The predicted molar refractivity (Wildman–Crippen MR) is 68.5 cm³/mol. The fourth-order valence-corrected chi connectivity index (χ4v) is 1.85. The summed E-state index contributed by atoms with van der Waals surface area (Å²) in [4.78, 5) is 33.7. The zero-order valence-electron chi connectivity index (χ0n) is 11.2. The van der Waals surface area contributed by atoms with Crippen LogP contribution in [0.2, 0.25) is 0 Å². The monoisotopic (exact) mass is 310 g/mol. The highest BCUT2D eigenvalue weighted by Crippen LogP contribution is 1.98. The summed E-state index contributed by atoms with van der Waals surface area (Å²) in [5, 5.41) is 10.9. The van der Waals surface area contributed by atoms with E-state index < -0.39 is 45.5 Å². The minimum Gasteiger partial charge on any atom is -0.480 e. The van der Waals surface area contributed by atoms with Gasteiger partial charge >= 0.3 is 11.9 Å². The van der Waals surface area contributed by atoms with Gasteiger partial charge in [-0.25, -0.2) is 18.0 Å². The second-order valence-corrected chi connectivity index (χ2v) is 6.31. The van der Waals surface area contributed by atoms with Gasteiger partial charge in [0.2, 0.25) is 5.91 Å². The van der Waals surface area contributed by atoms with Crippen molar-refractivity contribution in [3.8, 4) is 0 Å².